The third kappa shape index (κ3) is 2.82. The van der Waals surface area contributed by atoms with Gasteiger partial charge in [-0.25, -0.2) is 9.79 Å². The van der Waals surface area contributed by atoms with Crippen LogP contribution in [0, 0.1) is 0 Å². The molecule has 6 nitrogen and oxygen atoms in total. The summed E-state index contributed by atoms with van der Waals surface area (Å²) < 4.78 is 4.89. The van der Waals surface area contributed by atoms with Crippen molar-refractivity contribution in [2.24, 2.45) is 4.99 Å². The van der Waals surface area contributed by atoms with Crippen LogP contribution in [-0.4, -0.2) is 47.6 Å². The van der Waals surface area contributed by atoms with E-state index >= 15 is 0 Å². The molecule has 1 heterocycles. The van der Waals surface area contributed by atoms with Gasteiger partial charge in [-0.3, -0.25) is 5.10 Å². The van der Waals surface area contributed by atoms with E-state index in [0.29, 0.717) is 18.0 Å². The molecular formula is C10H16N4O2. The molecule has 88 valence electrons. The number of aliphatic imine (C=N–C) groups is 1. The van der Waals surface area contributed by atoms with Gasteiger partial charge in [0.2, 0.25) is 0 Å². The molecule has 0 aliphatic carbocycles. The summed E-state index contributed by atoms with van der Waals surface area (Å²) in [6.07, 6.45) is 1.42. The fourth-order valence-corrected chi connectivity index (χ4v) is 0.985. The average Bonchev–Trinajstić information content (AvgIpc) is 2.66. The number of H-pyrrole nitrogens is 1. The normalized spacial score (nSPS) is 11.4. The number of amidine groups is 1. The Balaban J connectivity index is 2.95. The van der Waals surface area contributed by atoms with E-state index in [4.69, 9.17) is 4.74 Å². The van der Waals surface area contributed by atoms with Crippen LogP contribution in [0.4, 0.5) is 5.82 Å². The lowest BCUT2D eigenvalue weighted by Gasteiger charge is -2.10. The van der Waals surface area contributed by atoms with E-state index in [1.807, 2.05) is 25.9 Å². The van der Waals surface area contributed by atoms with Gasteiger partial charge in [0, 0.05) is 14.1 Å². The smallest absolute Gasteiger partial charge is 0.343 e. The van der Waals surface area contributed by atoms with E-state index in [1.165, 1.54) is 6.20 Å². The molecule has 0 atom stereocenters. The van der Waals surface area contributed by atoms with Crippen molar-refractivity contribution in [1.29, 1.82) is 0 Å². The van der Waals surface area contributed by atoms with Crippen LogP contribution in [0.5, 0.6) is 0 Å². The molecule has 1 aromatic heterocycles. The molecule has 0 aliphatic rings. The standard InChI is InChI=1S/C10H16N4O2/c1-5-16-10(15)8-6-11-13-9(8)12-7(2)14(3)4/h6H,5H2,1-4H3,(H,11,13). The molecule has 0 bridgehead atoms. The number of nitrogens with zero attached hydrogens (tertiary/aromatic N) is 3. The Labute approximate surface area is 94.3 Å². The molecule has 6 heteroatoms. The Bertz CT molecular complexity index is 395. The van der Waals surface area contributed by atoms with Gasteiger partial charge in [-0.2, -0.15) is 5.10 Å². The Morgan fingerprint density at radius 3 is 2.88 bits per heavy atom. The number of hydrogen-bond donors (Lipinski definition) is 1. The van der Waals surface area contributed by atoms with Crippen molar-refractivity contribution in [3.8, 4) is 0 Å². The van der Waals surface area contributed by atoms with Gasteiger partial charge in [-0.05, 0) is 13.8 Å². The van der Waals surface area contributed by atoms with Crippen molar-refractivity contribution in [2.45, 2.75) is 13.8 Å². The summed E-state index contributed by atoms with van der Waals surface area (Å²) in [6, 6.07) is 0. The third-order valence-corrected chi connectivity index (χ3v) is 2.04. The van der Waals surface area contributed by atoms with Crippen LogP contribution in [0.25, 0.3) is 0 Å². The van der Waals surface area contributed by atoms with Crippen LogP contribution in [0.2, 0.25) is 0 Å². The molecule has 16 heavy (non-hydrogen) atoms. The molecule has 0 spiro atoms. The van der Waals surface area contributed by atoms with Crippen LogP contribution in [0.1, 0.15) is 24.2 Å². The quantitative estimate of drug-likeness (QED) is 0.475. The average molecular weight is 224 g/mol. The van der Waals surface area contributed by atoms with Crippen molar-refractivity contribution in [3.05, 3.63) is 11.8 Å². The lowest BCUT2D eigenvalue weighted by molar-refractivity contribution is 0.0527. The number of carbonyl (C=O) groups is 1. The first-order valence-electron chi connectivity index (χ1n) is 4.99. The van der Waals surface area contributed by atoms with E-state index < -0.39 is 5.97 Å². The topological polar surface area (TPSA) is 70.6 Å². The Morgan fingerprint density at radius 2 is 2.31 bits per heavy atom. The second kappa shape index (κ2) is 5.29. The van der Waals surface area contributed by atoms with Gasteiger partial charge in [-0.15, -0.1) is 0 Å². The minimum atomic E-state index is -0.415. The number of esters is 1. The summed E-state index contributed by atoms with van der Waals surface area (Å²) in [6.45, 7) is 3.93. The number of aromatic amines is 1. The molecule has 0 unspecified atom stereocenters. The second-order valence-electron chi connectivity index (χ2n) is 3.41. The summed E-state index contributed by atoms with van der Waals surface area (Å²) in [5.74, 6) is 0.779. The molecule has 0 amide bonds. The van der Waals surface area contributed by atoms with E-state index in [0.717, 1.165) is 5.84 Å². The van der Waals surface area contributed by atoms with Crippen molar-refractivity contribution in [1.82, 2.24) is 15.1 Å². The van der Waals surface area contributed by atoms with Crippen LogP contribution in [0.3, 0.4) is 0 Å². The second-order valence-corrected chi connectivity index (χ2v) is 3.41. The van der Waals surface area contributed by atoms with Crippen LogP contribution in [-0.2, 0) is 4.74 Å². The molecule has 0 saturated heterocycles. The zero-order valence-electron chi connectivity index (χ0n) is 9.94. The van der Waals surface area contributed by atoms with Crippen LogP contribution >= 0.6 is 0 Å². The van der Waals surface area contributed by atoms with Gasteiger partial charge >= 0.3 is 5.97 Å². The highest BCUT2D eigenvalue weighted by Crippen LogP contribution is 2.16. The predicted molar refractivity (Wildman–Crippen MR) is 61.0 cm³/mol. The molecule has 0 saturated carbocycles. The highest BCUT2D eigenvalue weighted by Gasteiger charge is 2.14. The first-order valence-corrected chi connectivity index (χ1v) is 4.99. The summed E-state index contributed by atoms with van der Waals surface area (Å²) in [5.41, 5.74) is 0.350. The van der Waals surface area contributed by atoms with Gasteiger partial charge in [0.15, 0.2) is 5.82 Å². The molecule has 0 radical (unpaired) electrons. The van der Waals surface area contributed by atoms with Crippen LogP contribution in [0.15, 0.2) is 11.2 Å². The number of ether oxygens (including phenoxy) is 1. The van der Waals surface area contributed by atoms with Gasteiger partial charge in [0.05, 0.1) is 12.8 Å². The summed E-state index contributed by atoms with van der Waals surface area (Å²) >= 11 is 0. The van der Waals surface area contributed by atoms with Crippen molar-refractivity contribution in [3.63, 3.8) is 0 Å². The fraction of sp³-hybridized carbons (Fsp3) is 0.500. The number of hydrogen-bond acceptors (Lipinski definition) is 4. The molecule has 1 N–H and O–H groups in total. The molecule has 1 aromatic rings. The van der Waals surface area contributed by atoms with Gasteiger partial charge in [-0.1, -0.05) is 0 Å². The third-order valence-electron chi connectivity index (χ3n) is 2.04. The number of nitrogens with one attached hydrogen (secondary N) is 1. The van der Waals surface area contributed by atoms with E-state index in [9.17, 15) is 4.79 Å². The van der Waals surface area contributed by atoms with Crippen molar-refractivity contribution in [2.75, 3.05) is 20.7 Å². The van der Waals surface area contributed by atoms with Gasteiger partial charge < -0.3 is 9.64 Å². The molecule has 0 aromatic carbocycles. The molecule has 0 aliphatic heterocycles. The number of rotatable bonds is 3. The van der Waals surface area contributed by atoms with Gasteiger partial charge in [0.25, 0.3) is 0 Å². The highest BCUT2D eigenvalue weighted by molar-refractivity contribution is 5.95. The number of aromatic nitrogens is 2. The fourth-order valence-electron chi connectivity index (χ4n) is 0.985. The monoisotopic (exact) mass is 224 g/mol. The zero-order valence-corrected chi connectivity index (χ0v) is 9.94. The summed E-state index contributed by atoms with van der Waals surface area (Å²) in [4.78, 5) is 17.6. The summed E-state index contributed by atoms with van der Waals surface area (Å²) in [5, 5.41) is 6.45. The lowest BCUT2D eigenvalue weighted by atomic mass is 10.3. The molecule has 1 rings (SSSR count). The largest absolute Gasteiger partial charge is 0.462 e. The Kier molecular flexibility index (Phi) is 4.04. The van der Waals surface area contributed by atoms with Crippen LogP contribution < -0.4 is 0 Å². The molecule has 0 fully saturated rings. The maximum absolute atomic E-state index is 11.5. The number of carbonyl (C=O) groups excluding carboxylic acids is 1. The first kappa shape index (κ1) is 12.2. The van der Waals surface area contributed by atoms with E-state index in [2.05, 4.69) is 15.2 Å². The first-order chi connectivity index (χ1) is 7.56. The SMILES string of the molecule is CCOC(=O)c1cn[nH]c1N=C(C)N(C)C. The Morgan fingerprint density at radius 1 is 1.62 bits per heavy atom. The zero-order chi connectivity index (χ0) is 12.1. The lowest BCUT2D eigenvalue weighted by Crippen LogP contribution is -2.18. The molecular weight excluding hydrogens is 208 g/mol. The van der Waals surface area contributed by atoms with Crippen molar-refractivity contribution < 1.29 is 9.53 Å². The minimum Gasteiger partial charge on any atom is -0.462 e. The van der Waals surface area contributed by atoms with E-state index in [1.54, 1.807) is 6.92 Å². The van der Waals surface area contributed by atoms with E-state index in [-0.39, 0.29) is 0 Å². The minimum absolute atomic E-state index is 0.333. The van der Waals surface area contributed by atoms with Gasteiger partial charge in [0.1, 0.15) is 11.4 Å². The predicted octanol–water partition coefficient (Wildman–Crippen LogP) is 1.20. The maximum atomic E-state index is 11.5. The summed E-state index contributed by atoms with van der Waals surface area (Å²) in [7, 11) is 3.75. The highest BCUT2D eigenvalue weighted by atomic mass is 16.5. The van der Waals surface area contributed by atoms with Crippen molar-refractivity contribution >= 4 is 17.6 Å². The maximum Gasteiger partial charge on any atom is 0.343 e. The Hall–Kier alpha value is -1.85.